The van der Waals surface area contributed by atoms with Gasteiger partial charge in [-0.15, -0.1) is 0 Å². The number of aryl methyl sites for hydroxylation is 1. The van der Waals surface area contributed by atoms with Crippen molar-refractivity contribution < 1.29 is 14.7 Å². The molecule has 1 rings (SSSR count). The van der Waals surface area contributed by atoms with E-state index in [1.54, 1.807) is 13.8 Å². The Bertz CT molecular complexity index is 438. The summed E-state index contributed by atoms with van der Waals surface area (Å²) in [5, 5.41) is 10.9. The molecule has 17 heavy (non-hydrogen) atoms. The van der Waals surface area contributed by atoms with E-state index in [1.165, 1.54) is 0 Å². The van der Waals surface area contributed by atoms with Crippen molar-refractivity contribution >= 4 is 11.9 Å². The molecule has 0 bridgehead atoms. The molecule has 0 unspecified atom stereocenters. The highest BCUT2D eigenvalue weighted by Crippen LogP contribution is 2.23. The minimum absolute atomic E-state index is 0.287. The second kappa shape index (κ2) is 4.99. The summed E-state index contributed by atoms with van der Waals surface area (Å²) < 4.78 is 0. The Kier molecular flexibility index (Phi) is 3.89. The van der Waals surface area contributed by atoms with Gasteiger partial charge in [0.15, 0.2) is 0 Å². The lowest BCUT2D eigenvalue weighted by atomic mass is 9.83. The van der Waals surface area contributed by atoms with Crippen LogP contribution in [-0.4, -0.2) is 23.5 Å². The molecule has 0 saturated heterocycles. The highest BCUT2D eigenvalue weighted by molar-refractivity contribution is 5.89. The molecule has 0 spiro atoms. The van der Waals surface area contributed by atoms with Crippen LogP contribution in [0.2, 0.25) is 0 Å². The predicted octanol–water partition coefficient (Wildman–Crippen LogP) is 1.47. The Labute approximate surface area is 101 Å². The zero-order chi connectivity index (χ0) is 13.1. The Morgan fingerprint density at radius 3 is 2.53 bits per heavy atom. The minimum Gasteiger partial charge on any atom is -0.480 e. The van der Waals surface area contributed by atoms with Crippen molar-refractivity contribution in [3.8, 4) is 0 Å². The van der Waals surface area contributed by atoms with Crippen LogP contribution in [-0.2, 0) is 15.0 Å². The van der Waals surface area contributed by atoms with Crippen LogP contribution in [0.3, 0.4) is 0 Å². The molecule has 0 aliphatic heterocycles. The van der Waals surface area contributed by atoms with Crippen molar-refractivity contribution in [3.63, 3.8) is 0 Å². The first kappa shape index (κ1) is 13.2. The second-order valence-electron chi connectivity index (χ2n) is 4.57. The molecule has 2 N–H and O–H groups in total. The fraction of sp³-hybridized carbons (Fsp3) is 0.385. The summed E-state index contributed by atoms with van der Waals surface area (Å²) in [5.41, 5.74) is 1.21. The molecule has 0 heterocycles. The summed E-state index contributed by atoms with van der Waals surface area (Å²) in [6.07, 6.45) is 0. The standard InChI is InChI=1S/C13H17NO3/c1-9-5-4-6-10(7-9)13(2,3)12(17)14-8-11(15)16/h4-7H,8H2,1-3H3,(H,14,17)(H,15,16). The van der Waals surface area contributed by atoms with Gasteiger partial charge < -0.3 is 10.4 Å². The lowest BCUT2D eigenvalue weighted by Crippen LogP contribution is -2.42. The highest BCUT2D eigenvalue weighted by atomic mass is 16.4. The van der Waals surface area contributed by atoms with Crippen molar-refractivity contribution in [1.29, 1.82) is 0 Å². The number of carboxylic acids is 1. The molecule has 0 aliphatic carbocycles. The molecular formula is C13H17NO3. The van der Waals surface area contributed by atoms with Gasteiger partial charge in [-0.25, -0.2) is 0 Å². The number of carbonyl (C=O) groups excluding carboxylic acids is 1. The van der Waals surface area contributed by atoms with Crippen molar-refractivity contribution in [2.45, 2.75) is 26.2 Å². The van der Waals surface area contributed by atoms with E-state index in [9.17, 15) is 9.59 Å². The van der Waals surface area contributed by atoms with Crippen LogP contribution in [0.15, 0.2) is 24.3 Å². The Balaban J connectivity index is 2.86. The van der Waals surface area contributed by atoms with Gasteiger partial charge in [0.2, 0.25) is 5.91 Å². The molecule has 1 amide bonds. The quantitative estimate of drug-likeness (QED) is 0.830. The maximum Gasteiger partial charge on any atom is 0.322 e. The summed E-state index contributed by atoms with van der Waals surface area (Å²) >= 11 is 0. The fourth-order valence-corrected chi connectivity index (χ4v) is 1.54. The van der Waals surface area contributed by atoms with Gasteiger partial charge in [0, 0.05) is 0 Å². The number of nitrogens with one attached hydrogen (secondary N) is 1. The third-order valence-electron chi connectivity index (χ3n) is 2.71. The number of benzene rings is 1. The lowest BCUT2D eigenvalue weighted by Gasteiger charge is -2.24. The number of hydrogen-bond donors (Lipinski definition) is 2. The van der Waals surface area contributed by atoms with Crippen molar-refractivity contribution in [2.24, 2.45) is 0 Å². The van der Waals surface area contributed by atoms with Crippen LogP contribution in [0.25, 0.3) is 0 Å². The average molecular weight is 235 g/mol. The van der Waals surface area contributed by atoms with Gasteiger partial charge in [-0.1, -0.05) is 29.8 Å². The van der Waals surface area contributed by atoms with Gasteiger partial charge in [-0.05, 0) is 26.3 Å². The summed E-state index contributed by atoms with van der Waals surface area (Å²) in [5.74, 6) is -1.33. The van der Waals surface area contributed by atoms with Crippen LogP contribution in [0.5, 0.6) is 0 Å². The summed E-state index contributed by atoms with van der Waals surface area (Å²) in [6, 6.07) is 7.64. The number of rotatable bonds is 4. The van der Waals surface area contributed by atoms with Gasteiger partial charge in [0.05, 0.1) is 5.41 Å². The molecular weight excluding hydrogens is 218 g/mol. The van der Waals surface area contributed by atoms with Gasteiger partial charge in [-0.3, -0.25) is 9.59 Å². The zero-order valence-corrected chi connectivity index (χ0v) is 10.3. The number of amides is 1. The topological polar surface area (TPSA) is 66.4 Å². The summed E-state index contributed by atoms with van der Waals surface area (Å²) in [6.45, 7) is 5.15. The first-order chi connectivity index (χ1) is 7.84. The van der Waals surface area contributed by atoms with Gasteiger partial charge >= 0.3 is 5.97 Å². The third-order valence-corrected chi connectivity index (χ3v) is 2.71. The van der Waals surface area contributed by atoms with Crippen LogP contribution in [0.1, 0.15) is 25.0 Å². The summed E-state index contributed by atoms with van der Waals surface area (Å²) in [7, 11) is 0. The molecule has 1 aromatic carbocycles. The predicted molar refractivity (Wildman–Crippen MR) is 64.9 cm³/mol. The monoisotopic (exact) mass is 235 g/mol. The maximum absolute atomic E-state index is 11.9. The van der Waals surface area contributed by atoms with Crippen LogP contribution in [0, 0.1) is 6.92 Å². The number of hydrogen-bond acceptors (Lipinski definition) is 2. The highest BCUT2D eigenvalue weighted by Gasteiger charge is 2.29. The van der Waals surface area contributed by atoms with E-state index in [4.69, 9.17) is 5.11 Å². The van der Waals surface area contributed by atoms with Crippen molar-refractivity contribution in [2.75, 3.05) is 6.54 Å². The molecule has 4 nitrogen and oxygen atoms in total. The van der Waals surface area contributed by atoms with Crippen molar-refractivity contribution in [3.05, 3.63) is 35.4 Å². The van der Waals surface area contributed by atoms with Gasteiger partial charge in [0.1, 0.15) is 6.54 Å². The number of carbonyl (C=O) groups is 2. The van der Waals surface area contributed by atoms with E-state index >= 15 is 0 Å². The SMILES string of the molecule is Cc1cccc(C(C)(C)C(=O)NCC(=O)O)c1. The Hall–Kier alpha value is -1.84. The zero-order valence-electron chi connectivity index (χ0n) is 10.3. The second-order valence-corrected chi connectivity index (χ2v) is 4.57. The minimum atomic E-state index is -1.04. The lowest BCUT2D eigenvalue weighted by molar-refractivity contribution is -0.138. The number of carboxylic acid groups (broad SMARTS) is 1. The van der Waals surface area contributed by atoms with E-state index in [-0.39, 0.29) is 12.5 Å². The molecule has 0 atom stereocenters. The first-order valence-electron chi connectivity index (χ1n) is 5.41. The Morgan fingerprint density at radius 2 is 2.00 bits per heavy atom. The third kappa shape index (κ3) is 3.31. The smallest absolute Gasteiger partial charge is 0.322 e. The van der Waals surface area contributed by atoms with Crippen LogP contribution < -0.4 is 5.32 Å². The molecule has 92 valence electrons. The van der Waals surface area contributed by atoms with Crippen molar-refractivity contribution in [1.82, 2.24) is 5.32 Å². The van der Waals surface area contributed by atoms with Crippen LogP contribution in [0.4, 0.5) is 0 Å². The van der Waals surface area contributed by atoms with E-state index in [2.05, 4.69) is 5.32 Å². The fourth-order valence-electron chi connectivity index (χ4n) is 1.54. The molecule has 0 saturated carbocycles. The van der Waals surface area contributed by atoms with E-state index < -0.39 is 11.4 Å². The molecule has 0 aliphatic rings. The Morgan fingerprint density at radius 1 is 1.35 bits per heavy atom. The molecule has 1 aromatic rings. The first-order valence-corrected chi connectivity index (χ1v) is 5.41. The van der Waals surface area contributed by atoms with Gasteiger partial charge in [-0.2, -0.15) is 0 Å². The normalized spacial score (nSPS) is 11.0. The molecule has 4 heteroatoms. The van der Waals surface area contributed by atoms with Crippen LogP contribution >= 0.6 is 0 Å². The van der Waals surface area contributed by atoms with E-state index in [0.29, 0.717) is 0 Å². The van der Waals surface area contributed by atoms with E-state index in [0.717, 1.165) is 11.1 Å². The maximum atomic E-state index is 11.9. The summed E-state index contributed by atoms with van der Waals surface area (Å²) in [4.78, 5) is 22.3. The molecule has 0 aromatic heterocycles. The van der Waals surface area contributed by atoms with E-state index in [1.807, 2.05) is 31.2 Å². The average Bonchev–Trinajstić information content (AvgIpc) is 2.25. The molecule has 0 fully saturated rings. The largest absolute Gasteiger partial charge is 0.480 e. The number of aliphatic carboxylic acids is 1. The molecule has 0 radical (unpaired) electrons. The van der Waals surface area contributed by atoms with Gasteiger partial charge in [0.25, 0.3) is 0 Å².